The molecule has 32 heavy (non-hydrogen) atoms. The number of fused-ring (bicyclic) bond motifs is 1. The second-order valence-corrected chi connectivity index (χ2v) is 9.07. The largest absolute Gasteiger partial charge is 0.337 e. The Morgan fingerprint density at radius 1 is 1.03 bits per heavy atom. The van der Waals surface area contributed by atoms with E-state index in [2.05, 4.69) is 55.6 Å². The van der Waals surface area contributed by atoms with E-state index in [0.717, 1.165) is 61.5 Å². The summed E-state index contributed by atoms with van der Waals surface area (Å²) in [6.45, 7) is 7.05. The lowest BCUT2D eigenvalue weighted by Gasteiger charge is -2.36. The first-order chi connectivity index (χ1) is 15.7. The van der Waals surface area contributed by atoms with E-state index in [1.54, 1.807) is 0 Å². The number of aromatic nitrogens is 5. The normalized spacial score (nSPS) is 18.2. The Hall–Kier alpha value is -3.39. The molecule has 4 aromatic rings. The van der Waals surface area contributed by atoms with Gasteiger partial charge in [-0.1, -0.05) is 30.3 Å². The Morgan fingerprint density at radius 2 is 1.84 bits per heavy atom. The van der Waals surface area contributed by atoms with Crippen LogP contribution in [0.4, 0.5) is 17.6 Å². The molecule has 0 unspecified atom stereocenters. The van der Waals surface area contributed by atoms with Crippen molar-refractivity contribution in [2.24, 2.45) is 0 Å². The molecule has 1 aliphatic heterocycles. The maximum Gasteiger partial charge on any atom is 0.245 e. The fraction of sp³-hybridized carbons (Fsp3) is 0.375. The molecule has 8 heteroatoms. The van der Waals surface area contributed by atoms with E-state index in [1.165, 1.54) is 18.4 Å². The molecule has 2 aliphatic rings. The predicted molar refractivity (Wildman–Crippen MR) is 126 cm³/mol. The van der Waals surface area contributed by atoms with Gasteiger partial charge < -0.3 is 10.2 Å². The minimum atomic E-state index is 0.364. The highest BCUT2D eigenvalue weighted by Crippen LogP contribution is 2.48. The van der Waals surface area contributed by atoms with Crippen molar-refractivity contribution in [1.82, 2.24) is 29.7 Å². The maximum atomic E-state index is 4.87. The van der Waals surface area contributed by atoms with E-state index in [1.807, 2.05) is 35.8 Å². The van der Waals surface area contributed by atoms with Crippen molar-refractivity contribution in [2.75, 3.05) is 42.9 Å². The first kappa shape index (κ1) is 19.3. The molecule has 6 rings (SSSR count). The van der Waals surface area contributed by atoms with E-state index in [9.17, 15) is 0 Å². The molecule has 3 aromatic heterocycles. The van der Waals surface area contributed by atoms with Gasteiger partial charge in [-0.05, 0) is 37.5 Å². The summed E-state index contributed by atoms with van der Waals surface area (Å²) in [7, 11) is 0. The molecule has 1 saturated carbocycles. The lowest BCUT2D eigenvalue weighted by molar-refractivity contribution is 0.234. The molecule has 4 heterocycles. The molecule has 0 atom stereocenters. The Balaban J connectivity index is 1.17. The van der Waals surface area contributed by atoms with Crippen LogP contribution in [0.3, 0.4) is 0 Å². The van der Waals surface area contributed by atoms with Crippen LogP contribution in [-0.2, 0) is 5.41 Å². The van der Waals surface area contributed by atoms with Crippen LogP contribution in [0.1, 0.15) is 24.1 Å². The van der Waals surface area contributed by atoms with E-state index in [4.69, 9.17) is 10.1 Å². The second kappa shape index (κ2) is 7.63. The monoisotopic (exact) mass is 428 g/mol. The summed E-state index contributed by atoms with van der Waals surface area (Å²) in [4.78, 5) is 9.77. The van der Waals surface area contributed by atoms with Gasteiger partial charge in [0.05, 0.1) is 0 Å². The number of H-pyrrole nitrogens is 1. The molecule has 164 valence electrons. The number of nitrogens with one attached hydrogen (secondary N) is 2. The average molecular weight is 429 g/mol. The summed E-state index contributed by atoms with van der Waals surface area (Å²) in [5.41, 5.74) is 3.80. The second-order valence-electron chi connectivity index (χ2n) is 9.07. The van der Waals surface area contributed by atoms with Crippen LogP contribution in [-0.4, -0.2) is 62.4 Å². The topological polar surface area (TPSA) is 77.4 Å². The van der Waals surface area contributed by atoms with Crippen LogP contribution >= 0.6 is 0 Å². The summed E-state index contributed by atoms with van der Waals surface area (Å²) in [5.74, 6) is 2.29. The van der Waals surface area contributed by atoms with Crippen molar-refractivity contribution in [2.45, 2.75) is 25.2 Å². The molecule has 1 aliphatic carbocycles. The van der Waals surface area contributed by atoms with Crippen LogP contribution in [0.2, 0.25) is 0 Å². The Bertz CT molecular complexity index is 1220. The van der Waals surface area contributed by atoms with Gasteiger partial charge in [0.25, 0.3) is 0 Å². The van der Waals surface area contributed by atoms with Crippen molar-refractivity contribution < 1.29 is 0 Å². The van der Waals surface area contributed by atoms with Gasteiger partial charge in [-0.15, -0.1) is 5.10 Å². The Morgan fingerprint density at radius 3 is 2.56 bits per heavy atom. The van der Waals surface area contributed by atoms with Crippen LogP contribution in [0, 0.1) is 6.92 Å². The first-order valence-electron chi connectivity index (χ1n) is 11.4. The number of piperazine rings is 1. The molecular weight excluding hydrogens is 400 g/mol. The summed E-state index contributed by atoms with van der Waals surface area (Å²) in [6, 6.07) is 17.0. The van der Waals surface area contributed by atoms with Crippen molar-refractivity contribution in [3.05, 3.63) is 66.0 Å². The lowest BCUT2D eigenvalue weighted by Crippen LogP contribution is -2.49. The molecule has 0 bridgehead atoms. The van der Waals surface area contributed by atoms with Crippen molar-refractivity contribution in [3.8, 4) is 0 Å². The standard InChI is InChI=1S/C24H28N8/c1-18-16-21(28-27-18)25-22-20-8-5-11-32(20)29-23(26-22)31-14-12-30(13-15-31)17-24(9-10-24)19-6-3-2-4-7-19/h2-8,11,16H,9-10,12-15,17H2,1H3,(H2,25,26,27,28,29). The van der Waals surface area contributed by atoms with Gasteiger partial charge in [-0.3, -0.25) is 10.00 Å². The maximum absolute atomic E-state index is 4.87. The Kier molecular flexibility index (Phi) is 4.61. The third-order valence-electron chi connectivity index (χ3n) is 6.75. The number of rotatable bonds is 6. The van der Waals surface area contributed by atoms with Crippen molar-refractivity contribution in [3.63, 3.8) is 0 Å². The quantitative estimate of drug-likeness (QED) is 0.490. The first-order valence-corrected chi connectivity index (χ1v) is 11.4. The van der Waals surface area contributed by atoms with E-state index in [-0.39, 0.29) is 0 Å². The zero-order valence-corrected chi connectivity index (χ0v) is 18.3. The molecule has 0 radical (unpaired) electrons. The number of nitrogens with zero attached hydrogens (tertiary/aromatic N) is 6. The average Bonchev–Trinajstić information content (AvgIpc) is 3.23. The number of hydrogen-bond donors (Lipinski definition) is 2. The van der Waals surface area contributed by atoms with Crippen molar-refractivity contribution >= 4 is 23.1 Å². The molecular formula is C24H28N8. The van der Waals surface area contributed by atoms with Gasteiger partial charge in [0, 0.05) is 56.1 Å². The molecule has 0 spiro atoms. The van der Waals surface area contributed by atoms with Crippen LogP contribution in [0.25, 0.3) is 5.52 Å². The number of benzene rings is 1. The number of hydrogen-bond acceptors (Lipinski definition) is 6. The van der Waals surface area contributed by atoms with Gasteiger partial charge in [-0.25, -0.2) is 4.52 Å². The smallest absolute Gasteiger partial charge is 0.245 e. The van der Waals surface area contributed by atoms with E-state index in [0.29, 0.717) is 5.41 Å². The highest BCUT2D eigenvalue weighted by atomic mass is 15.4. The third kappa shape index (κ3) is 3.60. The van der Waals surface area contributed by atoms with Gasteiger partial charge in [0.2, 0.25) is 5.95 Å². The zero-order chi connectivity index (χ0) is 21.5. The molecule has 8 nitrogen and oxygen atoms in total. The van der Waals surface area contributed by atoms with E-state index >= 15 is 0 Å². The molecule has 2 N–H and O–H groups in total. The third-order valence-corrected chi connectivity index (χ3v) is 6.75. The van der Waals surface area contributed by atoms with Gasteiger partial charge in [-0.2, -0.15) is 10.1 Å². The fourth-order valence-corrected chi connectivity index (χ4v) is 4.77. The predicted octanol–water partition coefficient (Wildman–Crippen LogP) is 3.36. The lowest BCUT2D eigenvalue weighted by atomic mass is 9.95. The Labute approximate surface area is 187 Å². The van der Waals surface area contributed by atoms with E-state index < -0.39 is 0 Å². The number of aryl methyl sites for hydroxylation is 1. The zero-order valence-electron chi connectivity index (χ0n) is 18.3. The summed E-state index contributed by atoms with van der Waals surface area (Å²) >= 11 is 0. The van der Waals surface area contributed by atoms with Gasteiger partial charge >= 0.3 is 0 Å². The SMILES string of the molecule is Cc1cc(Nc2nc(N3CCN(CC4(c5ccccc5)CC4)CC3)nn3cccc23)n[nH]1. The number of anilines is 3. The summed E-state index contributed by atoms with van der Waals surface area (Å²) in [5, 5.41) is 15.4. The highest BCUT2D eigenvalue weighted by molar-refractivity contribution is 5.73. The summed E-state index contributed by atoms with van der Waals surface area (Å²) in [6.07, 6.45) is 4.56. The fourth-order valence-electron chi connectivity index (χ4n) is 4.77. The summed E-state index contributed by atoms with van der Waals surface area (Å²) < 4.78 is 1.89. The molecule has 1 saturated heterocycles. The minimum Gasteiger partial charge on any atom is -0.337 e. The molecule has 2 fully saturated rings. The highest BCUT2D eigenvalue weighted by Gasteiger charge is 2.45. The van der Waals surface area contributed by atoms with Crippen LogP contribution in [0.15, 0.2) is 54.7 Å². The molecule has 0 amide bonds. The number of aromatic amines is 1. The van der Waals surface area contributed by atoms with Crippen molar-refractivity contribution in [1.29, 1.82) is 0 Å². The van der Waals surface area contributed by atoms with Crippen LogP contribution < -0.4 is 10.2 Å². The van der Waals surface area contributed by atoms with Crippen LogP contribution in [0.5, 0.6) is 0 Å². The molecule has 1 aromatic carbocycles. The van der Waals surface area contributed by atoms with Gasteiger partial charge in [0.15, 0.2) is 11.6 Å². The minimum absolute atomic E-state index is 0.364. The van der Waals surface area contributed by atoms with Gasteiger partial charge in [0.1, 0.15) is 5.52 Å².